The van der Waals surface area contributed by atoms with Crippen molar-refractivity contribution in [2.75, 3.05) is 7.05 Å². The highest BCUT2D eigenvalue weighted by molar-refractivity contribution is 5.76. The maximum Gasteiger partial charge on any atom is 0.223 e. The Labute approximate surface area is 95.7 Å². The van der Waals surface area contributed by atoms with Crippen molar-refractivity contribution in [1.82, 2.24) is 4.90 Å². The number of carbonyl (C=O) groups is 1. The van der Waals surface area contributed by atoms with E-state index in [2.05, 4.69) is 12.2 Å². The topological polar surface area (TPSA) is 33.5 Å². The maximum absolute atomic E-state index is 11.9. The van der Waals surface area contributed by atoms with Crippen LogP contribution in [0.4, 0.5) is 0 Å². The lowest BCUT2D eigenvalue weighted by Gasteiger charge is -2.17. The summed E-state index contributed by atoms with van der Waals surface area (Å²) in [6.45, 7) is 0.558. The minimum atomic E-state index is 0.188. The summed E-state index contributed by atoms with van der Waals surface area (Å²) >= 11 is 0. The van der Waals surface area contributed by atoms with Crippen molar-refractivity contribution in [2.24, 2.45) is 5.92 Å². The van der Waals surface area contributed by atoms with E-state index in [-0.39, 0.29) is 5.91 Å². The van der Waals surface area contributed by atoms with Crippen LogP contribution >= 0.6 is 0 Å². The van der Waals surface area contributed by atoms with E-state index >= 15 is 0 Å². The highest BCUT2D eigenvalue weighted by Gasteiger charge is 2.17. The maximum atomic E-state index is 11.9. The molecule has 0 unspecified atom stereocenters. The fourth-order valence-corrected chi connectivity index (χ4v) is 1.97. The first kappa shape index (κ1) is 11.0. The summed E-state index contributed by atoms with van der Waals surface area (Å²) in [4.78, 5) is 13.6. The van der Waals surface area contributed by atoms with Gasteiger partial charge in [0.2, 0.25) is 5.91 Å². The number of furan rings is 1. The van der Waals surface area contributed by atoms with Gasteiger partial charge in [-0.05, 0) is 30.9 Å². The predicted octanol–water partition coefficient (Wildman–Crippen LogP) is 2.59. The van der Waals surface area contributed by atoms with Crippen molar-refractivity contribution in [3.63, 3.8) is 0 Å². The first-order valence-corrected chi connectivity index (χ1v) is 5.68. The van der Waals surface area contributed by atoms with Gasteiger partial charge < -0.3 is 9.32 Å². The van der Waals surface area contributed by atoms with Crippen LogP contribution in [0.1, 0.15) is 25.0 Å². The molecule has 0 radical (unpaired) electrons. The normalized spacial score (nSPS) is 18.9. The van der Waals surface area contributed by atoms with Crippen molar-refractivity contribution in [1.29, 1.82) is 0 Å². The highest BCUT2D eigenvalue weighted by Crippen LogP contribution is 2.21. The molecule has 1 aliphatic rings. The molecule has 0 spiro atoms. The van der Waals surface area contributed by atoms with Crippen molar-refractivity contribution in [3.05, 3.63) is 36.3 Å². The largest absolute Gasteiger partial charge is 0.467 e. The molecule has 0 fully saturated rings. The number of carbonyl (C=O) groups excluding carboxylic acids is 1. The quantitative estimate of drug-likeness (QED) is 0.729. The Morgan fingerprint density at radius 3 is 3.12 bits per heavy atom. The SMILES string of the molecule is CN(Cc1ccco1)C(=O)C[C@H]1C=CCC1. The lowest BCUT2D eigenvalue weighted by Crippen LogP contribution is -2.27. The van der Waals surface area contributed by atoms with Gasteiger partial charge in [0, 0.05) is 13.5 Å². The van der Waals surface area contributed by atoms with Crippen LogP contribution in [0.5, 0.6) is 0 Å². The fourth-order valence-electron chi connectivity index (χ4n) is 1.97. The molecule has 0 aromatic carbocycles. The smallest absolute Gasteiger partial charge is 0.223 e. The van der Waals surface area contributed by atoms with Gasteiger partial charge in [-0.2, -0.15) is 0 Å². The summed E-state index contributed by atoms with van der Waals surface area (Å²) in [5.74, 6) is 1.46. The second kappa shape index (κ2) is 5.01. The molecule has 0 N–H and O–H groups in total. The molecule has 1 aromatic heterocycles. The Kier molecular flexibility index (Phi) is 3.44. The van der Waals surface area contributed by atoms with Crippen molar-refractivity contribution in [3.8, 4) is 0 Å². The summed E-state index contributed by atoms with van der Waals surface area (Å²) in [7, 11) is 1.82. The lowest BCUT2D eigenvalue weighted by molar-refractivity contribution is -0.131. The van der Waals surface area contributed by atoms with E-state index in [0.717, 1.165) is 18.6 Å². The van der Waals surface area contributed by atoms with Crippen LogP contribution in [0, 0.1) is 5.92 Å². The molecule has 3 nitrogen and oxygen atoms in total. The van der Waals surface area contributed by atoms with Crippen molar-refractivity contribution >= 4 is 5.91 Å². The van der Waals surface area contributed by atoms with Gasteiger partial charge in [0.25, 0.3) is 0 Å². The molecule has 3 heteroatoms. The molecule has 1 amide bonds. The third-order valence-corrected chi connectivity index (χ3v) is 2.95. The summed E-state index contributed by atoms with van der Waals surface area (Å²) in [6, 6.07) is 3.73. The number of allylic oxidation sites excluding steroid dienone is 2. The summed E-state index contributed by atoms with van der Waals surface area (Å²) in [6.07, 6.45) is 8.78. The predicted molar refractivity (Wildman–Crippen MR) is 61.7 cm³/mol. The van der Waals surface area contributed by atoms with Gasteiger partial charge >= 0.3 is 0 Å². The summed E-state index contributed by atoms with van der Waals surface area (Å²) in [5, 5.41) is 0. The van der Waals surface area contributed by atoms with Gasteiger partial charge in [0.15, 0.2) is 0 Å². The Bertz CT molecular complexity index is 367. The van der Waals surface area contributed by atoms with Gasteiger partial charge in [0.05, 0.1) is 12.8 Å². The average Bonchev–Trinajstić information content (AvgIpc) is 2.90. The second-order valence-electron chi connectivity index (χ2n) is 4.30. The molecular formula is C13H17NO2. The Balaban J connectivity index is 1.82. The van der Waals surface area contributed by atoms with E-state index in [0.29, 0.717) is 18.9 Å². The van der Waals surface area contributed by atoms with Gasteiger partial charge in [0.1, 0.15) is 5.76 Å². The molecule has 1 atom stereocenters. The molecule has 86 valence electrons. The highest BCUT2D eigenvalue weighted by atomic mass is 16.3. The van der Waals surface area contributed by atoms with Crippen LogP contribution in [0.25, 0.3) is 0 Å². The number of hydrogen-bond acceptors (Lipinski definition) is 2. The van der Waals surface area contributed by atoms with Crippen LogP contribution in [0.2, 0.25) is 0 Å². The van der Waals surface area contributed by atoms with E-state index in [9.17, 15) is 4.79 Å². The van der Waals surface area contributed by atoms with Gasteiger partial charge in [-0.25, -0.2) is 0 Å². The number of nitrogens with zero attached hydrogens (tertiary/aromatic N) is 1. The van der Waals surface area contributed by atoms with E-state index < -0.39 is 0 Å². The van der Waals surface area contributed by atoms with E-state index in [4.69, 9.17) is 4.42 Å². The molecule has 1 heterocycles. The average molecular weight is 219 g/mol. The number of amides is 1. The minimum Gasteiger partial charge on any atom is -0.467 e. The van der Waals surface area contributed by atoms with Crippen molar-refractivity contribution in [2.45, 2.75) is 25.8 Å². The molecule has 0 bridgehead atoms. The monoisotopic (exact) mass is 219 g/mol. The molecule has 1 aromatic rings. The standard InChI is InChI=1S/C13H17NO2/c1-14(10-12-7-4-8-16-12)13(15)9-11-5-2-3-6-11/h2,4-5,7-8,11H,3,6,9-10H2,1H3/t11-/m0/s1. The molecule has 2 rings (SSSR count). The van der Waals surface area contributed by atoms with Crippen LogP contribution in [0.3, 0.4) is 0 Å². The Hall–Kier alpha value is -1.51. The summed E-state index contributed by atoms with van der Waals surface area (Å²) in [5.41, 5.74) is 0. The zero-order valence-electron chi connectivity index (χ0n) is 9.56. The molecule has 1 aliphatic carbocycles. The van der Waals surface area contributed by atoms with Gasteiger partial charge in [-0.15, -0.1) is 0 Å². The molecule has 0 saturated heterocycles. The van der Waals surface area contributed by atoms with Crippen molar-refractivity contribution < 1.29 is 9.21 Å². The third kappa shape index (κ3) is 2.75. The zero-order valence-corrected chi connectivity index (χ0v) is 9.56. The van der Waals surface area contributed by atoms with Crippen LogP contribution in [0.15, 0.2) is 35.0 Å². The van der Waals surface area contributed by atoms with Crippen LogP contribution in [-0.4, -0.2) is 17.9 Å². The van der Waals surface area contributed by atoms with Gasteiger partial charge in [-0.3, -0.25) is 4.79 Å². The minimum absolute atomic E-state index is 0.188. The Morgan fingerprint density at radius 2 is 2.50 bits per heavy atom. The van der Waals surface area contributed by atoms with E-state index in [1.807, 2.05) is 19.2 Å². The fraction of sp³-hybridized carbons (Fsp3) is 0.462. The molecule has 0 saturated carbocycles. The van der Waals surface area contributed by atoms with Gasteiger partial charge in [-0.1, -0.05) is 12.2 Å². The second-order valence-corrected chi connectivity index (χ2v) is 4.30. The first-order valence-electron chi connectivity index (χ1n) is 5.68. The Morgan fingerprint density at radius 1 is 1.62 bits per heavy atom. The summed E-state index contributed by atoms with van der Waals surface area (Å²) < 4.78 is 5.22. The number of rotatable bonds is 4. The third-order valence-electron chi connectivity index (χ3n) is 2.95. The number of hydrogen-bond donors (Lipinski definition) is 0. The molecule has 0 aliphatic heterocycles. The van der Waals surface area contributed by atoms with E-state index in [1.165, 1.54) is 0 Å². The van der Waals surface area contributed by atoms with Crippen LogP contribution in [-0.2, 0) is 11.3 Å². The van der Waals surface area contributed by atoms with E-state index in [1.54, 1.807) is 11.2 Å². The zero-order chi connectivity index (χ0) is 11.4. The lowest BCUT2D eigenvalue weighted by atomic mass is 10.0. The molecule has 16 heavy (non-hydrogen) atoms. The first-order chi connectivity index (χ1) is 7.75. The van der Waals surface area contributed by atoms with Crippen LogP contribution < -0.4 is 0 Å². The molecular weight excluding hydrogens is 202 g/mol.